The molecule has 28 heteroatoms. The molecule has 0 aliphatic heterocycles. The van der Waals surface area contributed by atoms with Crippen molar-refractivity contribution in [1.82, 2.24) is 0 Å². The van der Waals surface area contributed by atoms with Crippen LogP contribution in [0.3, 0.4) is 0 Å². The maximum atomic E-state index is 14.0. The van der Waals surface area contributed by atoms with Gasteiger partial charge in [-0.2, -0.15) is 0 Å². The number of sulfonamides is 2. The number of alkyl halides is 1. The average molecular weight is 1470 g/mol. The summed E-state index contributed by atoms with van der Waals surface area (Å²) in [4.78, 5) is 62.4. The van der Waals surface area contributed by atoms with Crippen molar-refractivity contribution in [3.8, 4) is 11.5 Å². The Morgan fingerprint density at radius 3 is 1.28 bits per heavy atom. The van der Waals surface area contributed by atoms with Crippen molar-refractivity contribution in [1.29, 1.82) is 0 Å². The molecule has 0 unspecified atom stereocenters. The maximum Gasteiger partial charge on any atom is 1.00 e. The maximum absolute atomic E-state index is 14.0. The van der Waals surface area contributed by atoms with E-state index in [4.69, 9.17) is 56.9 Å². The number of ether oxygens (including phenoxy) is 6. The van der Waals surface area contributed by atoms with E-state index in [0.717, 1.165) is 37.6 Å². The Labute approximate surface area is 646 Å². The standard InChI is InChI=1S/C32H33ClN2O7S.C29H29ClN2O5S.C3H5BrO2.CH2O3.2K.H/c1-22(19-31(36)41-3)34(20-23-9-5-8-12-28(23)33)29-17-18-30(27-11-7-6-10-26(27)29)35(21-32(37)42-4)43(38,39)25-15-13-24(40-2)14-16-25;1-20(18-29(33)37-3)32(19-21-8-4-7-11-26(21)30)28-17-16-27(24-9-5-6-10-25(24)28)31-38(34,35)23-14-12-22(36-2)13-15-23;1-6-3(5)2-4;2-1-4-3;;;/h5-18,22H,19-21H2,1-4H3;4-17,20,31H,18-19H2,1-3H3;2H2,1H3;1,3H;;;/q;;;;2*+1;-1/p-1/t22-;20-;;;;;/m00...../s1. The first-order valence-corrected chi connectivity index (χ1v) is 32.3. The number of halogens is 3. The molecule has 0 fully saturated rings. The van der Waals surface area contributed by atoms with Crippen molar-refractivity contribution < 1.29 is 184 Å². The van der Waals surface area contributed by atoms with Gasteiger partial charge in [-0.15, -0.1) is 0 Å². The molecule has 486 valence electrons. The predicted octanol–water partition coefficient (Wildman–Crippen LogP) is 5.20. The Bertz CT molecular complexity index is 4000. The summed E-state index contributed by atoms with van der Waals surface area (Å²) in [6, 6.07) is 48.5. The number of anilines is 4. The number of esters is 4. The normalized spacial score (nSPS) is 11.2. The van der Waals surface area contributed by atoms with Crippen LogP contribution in [0.4, 0.5) is 22.7 Å². The molecule has 0 aliphatic rings. The molecule has 8 aromatic rings. The van der Waals surface area contributed by atoms with Gasteiger partial charge in [-0.25, -0.2) is 16.8 Å². The van der Waals surface area contributed by atoms with Crippen LogP contribution in [-0.4, -0.2) is 114 Å². The zero-order valence-corrected chi connectivity index (χ0v) is 63.8. The SMILES string of the molecule is COC(=O)CBr.COC(=O)C[C@H](C)N(Cc1ccccc1Cl)c1ccc(N(CC(=O)OC)S(=O)(=O)c2ccc(OC)cc2)c2ccccc12.COC(=O)C[C@H](C)N(Cc1ccccc1Cl)c1ccc(NS(=O)(=O)c2ccc(OC)cc2)c2ccccc12.O=CO[O-].[H-].[K+].[K+]. The molecule has 0 aliphatic carbocycles. The second kappa shape index (κ2) is 40.9. The molecule has 0 bridgehead atoms. The number of nitrogens with zero attached hydrogens (tertiary/aromatic N) is 3. The van der Waals surface area contributed by atoms with Gasteiger partial charge in [0, 0.05) is 68.1 Å². The van der Waals surface area contributed by atoms with Gasteiger partial charge >= 0.3 is 127 Å². The summed E-state index contributed by atoms with van der Waals surface area (Å²) in [7, 11) is 0.216. The van der Waals surface area contributed by atoms with E-state index < -0.39 is 32.6 Å². The minimum Gasteiger partial charge on any atom is -1.00 e. The van der Waals surface area contributed by atoms with Gasteiger partial charge in [0.1, 0.15) is 23.4 Å². The molecule has 8 aromatic carbocycles. The molecule has 2 atom stereocenters. The average Bonchev–Trinajstić information content (AvgIpc) is 0.783. The fourth-order valence-electron chi connectivity index (χ4n) is 9.17. The largest absolute Gasteiger partial charge is 1.00 e. The number of hydrogen-bond donors (Lipinski definition) is 1. The number of hydrogen-bond acceptors (Lipinski definition) is 19. The monoisotopic (exact) mass is 1470 g/mol. The number of benzene rings is 8. The first kappa shape index (κ1) is 81.9. The molecular formula is C65H69BrCl2K2N4O17S2. The van der Waals surface area contributed by atoms with Gasteiger partial charge in [0.15, 0.2) is 0 Å². The molecule has 0 radical (unpaired) electrons. The fourth-order valence-corrected chi connectivity index (χ4v) is 12.3. The summed E-state index contributed by atoms with van der Waals surface area (Å²) < 4.78 is 87.4. The van der Waals surface area contributed by atoms with E-state index in [1.807, 2.05) is 104 Å². The number of carbonyl (C=O) groups is 5. The zero-order chi connectivity index (χ0) is 66.8. The second-order valence-electron chi connectivity index (χ2n) is 19.5. The van der Waals surface area contributed by atoms with Crippen LogP contribution in [0.5, 0.6) is 11.5 Å². The topological polar surface area (TPSA) is 263 Å². The summed E-state index contributed by atoms with van der Waals surface area (Å²) in [6.45, 7) is 3.95. The number of rotatable bonds is 24. The molecule has 0 saturated carbocycles. The summed E-state index contributed by atoms with van der Waals surface area (Å²) in [5.74, 6) is -0.596. The Morgan fingerprint density at radius 2 is 0.892 bits per heavy atom. The zero-order valence-electron chi connectivity index (χ0n) is 53.9. The quantitative estimate of drug-likeness (QED) is 0.0155. The van der Waals surface area contributed by atoms with Crippen LogP contribution in [0.15, 0.2) is 180 Å². The van der Waals surface area contributed by atoms with Crippen LogP contribution in [0, 0.1) is 0 Å². The molecule has 8 rings (SSSR count). The van der Waals surface area contributed by atoms with E-state index in [1.54, 1.807) is 60.7 Å². The number of carbonyl (C=O) groups excluding carboxylic acids is 5. The summed E-state index contributed by atoms with van der Waals surface area (Å²) in [5.41, 5.74) is 4.07. The summed E-state index contributed by atoms with van der Waals surface area (Å²) in [6.07, 6.45) is 0.276. The Hall–Kier alpha value is -5.38. The first-order chi connectivity index (χ1) is 43.5. The Balaban J connectivity index is 0.000000546. The van der Waals surface area contributed by atoms with E-state index in [-0.39, 0.29) is 169 Å². The molecule has 0 spiro atoms. The summed E-state index contributed by atoms with van der Waals surface area (Å²) >= 11 is 15.9. The molecule has 1 N–H and O–H groups in total. The van der Waals surface area contributed by atoms with E-state index in [0.29, 0.717) is 56.8 Å². The minimum absolute atomic E-state index is 0. The van der Waals surface area contributed by atoms with Gasteiger partial charge < -0.3 is 49.8 Å². The van der Waals surface area contributed by atoms with Crippen LogP contribution in [-0.2, 0) is 80.9 Å². The first-order valence-electron chi connectivity index (χ1n) is 27.5. The smallest absolute Gasteiger partial charge is 1.00 e. The third kappa shape index (κ3) is 23.5. The molecule has 0 aromatic heterocycles. The van der Waals surface area contributed by atoms with Crippen molar-refractivity contribution in [2.45, 2.75) is 61.7 Å². The third-order valence-electron chi connectivity index (χ3n) is 13.8. The van der Waals surface area contributed by atoms with E-state index in [2.05, 4.69) is 35.2 Å². The van der Waals surface area contributed by atoms with E-state index in [1.165, 1.54) is 66.9 Å². The van der Waals surface area contributed by atoms with Crippen molar-refractivity contribution in [3.63, 3.8) is 0 Å². The van der Waals surface area contributed by atoms with E-state index >= 15 is 0 Å². The van der Waals surface area contributed by atoms with Gasteiger partial charge in [0.05, 0.1) is 76.7 Å². The molecule has 93 heavy (non-hydrogen) atoms. The van der Waals surface area contributed by atoms with Crippen LogP contribution in [0.2, 0.25) is 10.0 Å². The molecule has 0 heterocycles. The van der Waals surface area contributed by atoms with Gasteiger partial charge in [0.2, 0.25) is 0 Å². The fraction of sp³-hybridized carbons (Fsp3) is 0.246. The van der Waals surface area contributed by atoms with Crippen molar-refractivity contribution in [3.05, 3.63) is 191 Å². The van der Waals surface area contributed by atoms with Gasteiger partial charge in [-0.1, -0.05) is 124 Å². The van der Waals surface area contributed by atoms with Gasteiger partial charge in [-0.05, 0) is 110 Å². The van der Waals surface area contributed by atoms with Gasteiger partial charge in [-0.3, -0.25) is 33.0 Å². The third-order valence-corrected chi connectivity index (χ3v) is 18.2. The van der Waals surface area contributed by atoms with Crippen LogP contribution in [0.1, 0.15) is 39.2 Å². The van der Waals surface area contributed by atoms with Crippen molar-refractivity contribution >= 4 is 134 Å². The number of methoxy groups -OCH3 is 6. The van der Waals surface area contributed by atoms with Crippen molar-refractivity contribution in [2.24, 2.45) is 0 Å². The van der Waals surface area contributed by atoms with Crippen molar-refractivity contribution in [2.75, 3.05) is 73.4 Å². The van der Waals surface area contributed by atoms with Crippen LogP contribution in [0.25, 0.3) is 21.5 Å². The Kier molecular flexibility index (Phi) is 36.0. The van der Waals surface area contributed by atoms with E-state index in [9.17, 15) is 36.0 Å². The summed E-state index contributed by atoms with van der Waals surface area (Å²) in [5, 5.41) is 12.7. The molecule has 0 amide bonds. The molecule has 0 saturated heterocycles. The Morgan fingerprint density at radius 1 is 0.527 bits per heavy atom. The number of fused-ring (bicyclic) bond motifs is 2. The van der Waals surface area contributed by atoms with Gasteiger partial charge in [0.25, 0.3) is 26.5 Å². The second-order valence-corrected chi connectivity index (χ2v) is 24.4. The molecule has 21 nitrogen and oxygen atoms in total. The predicted molar refractivity (Wildman–Crippen MR) is 353 cm³/mol. The van der Waals surface area contributed by atoms with Crippen LogP contribution >= 0.6 is 39.1 Å². The molecular weight excluding hydrogens is 1400 g/mol. The van der Waals surface area contributed by atoms with Crippen LogP contribution < -0.4 is 136 Å². The number of nitrogens with one attached hydrogen (secondary N) is 1. The minimum atomic E-state index is -4.21.